The highest BCUT2D eigenvalue weighted by atomic mass is 35.5. The van der Waals surface area contributed by atoms with Gasteiger partial charge in [0.1, 0.15) is 23.1 Å². The highest BCUT2D eigenvalue weighted by molar-refractivity contribution is 6.32. The zero-order valence-electron chi connectivity index (χ0n) is 15.3. The van der Waals surface area contributed by atoms with E-state index < -0.39 is 5.91 Å². The zero-order valence-corrected chi connectivity index (χ0v) is 16.0. The van der Waals surface area contributed by atoms with Crippen molar-refractivity contribution >= 4 is 29.3 Å². The third-order valence-electron chi connectivity index (χ3n) is 3.52. The molecule has 0 saturated carbocycles. The molecule has 0 fully saturated rings. The van der Waals surface area contributed by atoms with E-state index in [0.29, 0.717) is 41.0 Å². The third-order valence-corrected chi connectivity index (χ3v) is 3.81. The number of carbonyl (C=O) groups is 1. The first-order valence-corrected chi connectivity index (χ1v) is 9.03. The van der Waals surface area contributed by atoms with E-state index in [0.717, 1.165) is 6.42 Å². The van der Waals surface area contributed by atoms with Crippen molar-refractivity contribution in [2.24, 2.45) is 0 Å². The molecule has 2 rings (SSSR count). The van der Waals surface area contributed by atoms with Crippen LogP contribution in [0.2, 0.25) is 5.02 Å². The van der Waals surface area contributed by atoms with Gasteiger partial charge in [-0.2, -0.15) is 5.26 Å². The van der Waals surface area contributed by atoms with Gasteiger partial charge >= 0.3 is 0 Å². The van der Waals surface area contributed by atoms with Crippen LogP contribution in [-0.4, -0.2) is 19.1 Å². The predicted octanol–water partition coefficient (Wildman–Crippen LogP) is 5.07. The first-order chi connectivity index (χ1) is 13.1. The van der Waals surface area contributed by atoms with Crippen molar-refractivity contribution in [2.45, 2.75) is 20.3 Å². The molecule has 0 aromatic heterocycles. The summed E-state index contributed by atoms with van der Waals surface area (Å²) in [6, 6.07) is 14.0. The van der Waals surface area contributed by atoms with Gasteiger partial charge in [-0.25, -0.2) is 0 Å². The summed E-state index contributed by atoms with van der Waals surface area (Å²) in [6.45, 7) is 5.04. The summed E-state index contributed by atoms with van der Waals surface area (Å²) in [4.78, 5) is 12.4. The van der Waals surface area contributed by atoms with E-state index in [4.69, 9.17) is 21.1 Å². The number of amides is 1. The fraction of sp³-hybridized carbons (Fsp3) is 0.238. The first kappa shape index (κ1) is 20.3. The second-order valence-electron chi connectivity index (χ2n) is 5.62. The highest BCUT2D eigenvalue weighted by Crippen LogP contribution is 2.26. The van der Waals surface area contributed by atoms with Crippen LogP contribution in [0, 0.1) is 11.3 Å². The molecule has 0 spiro atoms. The topological polar surface area (TPSA) is 71.3 Å². The molecule has 6 heteroatoms. The predicted molar refractivity (Wildman–Crippen MR) is 107 cm³/mol. The molecule has 1 N–H and O–H groups in total. The lowest BCUT2D eigenvalue weighted by Gasteiger charge is -2.08. The third kappa shape index (κ3) is 6.05. The molecular formula is C21H21ClN2O3. The Morgan fingerprint density at radius 1 is 1.19 bits per heavy atom. The molecule has 0 bridgehead atoms. The fourth-order valence-electron chi connectivity index (χ4n) is 2.25. The number of benzene rings is 2. The molecule has 27 heavy (non-hydrogen) atoms. The van der Waals surface area contributed by atoms with Crippen molar-refractivity contribution in [3.8, 4) is 17.6 Å². The molecule has 1 amide bonds. The van der Waals surface area contributed by atoms with Crippen molar-refractivity contribution < 1.29 is 14.3 Å². The average molecular weight is 385 g/mol. The minimum absolute atomic E-state index is 0.0258. The SMILES string of the molecule is CCCOc1ccc(/C=C(\C#N)C(=O)Nc2ccc(OCC)cc2)cc1Cl. The maximum Gasteiger partial charge on any atom is 0.266 e. The van der Waals surface area contributed by atoms with Crippen molar-refractivity contribution in [1.82, 2.24) is 0 Å². The summed E-state index contributed by atoms with van der Waals surface area (Å²) in [7, 11) is 0. The van der Waals surface area contributed by atoms with E-state index in [1.54, 1.807) is 42.5 Å². The molecule has 0 radical (unpaired) electrons. The second-order valence-corrected chi connectivity index (χ2v) is 6.03. The molecule has 2 aromatic rings. The monoisotopic (exact) mass is 384 g/mol. The minimum Gasteiger partial charge on any atom is -0.494 e. The Morgan fingerprint density at radius 3 is 2.52 bits per heavy atom. The molecular weight excluding hydrogens is 364 g/mol. The Labute approximate surface area is 164 Å². The molecule has 0 atom stereocenters. The Kier molecular flexibility index (Phi) is 7.72. The van der Waals surface area contributed by atoms with E-state index in [9.17, 15) is 10.1 Å². The molecule has 2 aromatic carbocycles. The number of nitrogens with one attached hydrogen (secondary N) is 1. The molecule has 0 saturated heterocycles. The van der Waals surface area contributed by atoms with Gasteiger partial charge in [-0.15, -0.1) is 0 Å². The molecule has 0 aliphatic heterocycles. The van der Waals surface area contributed by atoms with Crippen LogP contribution in [0.25, 0.3) is 6.08 Å². The smallest absolute Gasteiger partial charge is 0.266 e. The molecule has 0 aliphatic rings. The number of halogens is 1. The molecule has 0 heterocycles. The van der Waals surface area contributed by atoms with Crippen molar-refractivity contribution in [3.63, 3.8) is 0 Å². The van der Waals surface area contributed by atoms with Crippen LogP contribution in [0.1, 0.15) is 25.8 Å². The van der Waals surface area contributed by atoms with E-state index in [1.807, 2.05) is 19.9 Å². The van der Waals surface area contributed by atoms with Gasteiger partial charge in [0, 0.05) is 5.69 Å². The standard InChI is InChI=1S/C21H21ClN2O3/c1-3-11-27-20-10-5-15(13-19(20)22)12-16(14-23)21(25)24-17-6-8-18(9-7-17)26-4-2/h5-10,12-13H,3-4,11H2,1-2H3,(H,24,25)/b16-12+. The van der Waals surface area contributed by atoms with Gasteiger partial charge in [-0.3, -0.25) is 4.79 Å². The zero-order chi connectivity index (χ0) is 19.6. The summed E-state index contributed by atoms with van der Waals surface area (Å²) in [5.41, 5.74) is 1.19. The Morgan fingerprint density at radius 2 is 1.93 bits per heavy atom. The normalized spacial score (nSPS) is 10.8. The van der Waals surface area contributed by atoms with Crippen molar-refractivity contribution in [3.05, 3.63) is 58.6 Å². The van der Waals surface area contributed by atoms with Crippen LogP contribution >= 0.6 is 11.6 Å². The van der Waals surface area contributed by atoms with Crippen LogP contribution in [0.5, 0.6) is 11.5 Å². The van der Waals surface area contributed by atoms with Crippen molar-refractivity contribution in [2.75, 3.05) is 18.5 Å². The lowest BCUT2D eigenvalue weighted by molar-refractivity contribution is -0.112. The maximum atomic E-state index is 12.4. The number of nitrogens with zero attached hydrogens (tertiary/aromatic N) is 1. The highest BCUT2D eigenvalue weighted by Gasteiger charge is 2.11. The number of nitriles is 1. The van der Waals surface area contributed by atoms with E-state index in [2.05, 4.69) is 5.32 Å². The Hall–Kier alpha value is -2.97. The van der Waals surface area contributed by atoms with E-state index in [1.165, 1.54) is 6.08 Å². The van der Waals surface area contributed by atoms with Gasteiger partial charge < -0.3 is 14.8 Å². The molecule has 140 valence electrons. The summed E-state index contributed by atoms with van der Waals surface area (Å²) in [6.07, 6.45) is 2.36. The van der Waals surface area contributed by atoms with Crippen LogP contribution < -0.4 is 14.8 Å². The number of anilines is 1. The number of hydrogen-bond donors (Lipinski definition) is 1. The van der Waals surface area contributed by atoms with Crippen molar-refractivity contribution in [1.29, 1.82) is 5.26 Å². The van der Waals surface area contributed by atoms with Crippen LogP contribution in [0.4, 0.5) is 5.69 Å². The Bertz CT molecular complexity index is 855. The molecule has 0 aliphatic carbocycles. The summed E-state index contributed by atoms with van der Waals surface area (Å²) in [5, 5.41) is 12.5. The number of carbonyl (C=O) groups excluding carboxylic acids is 1. The fourth-order valence-corrected chi connectivity index (χ4v) is 2.49. The number of rotatable bonds is 8. The van der Waals surface area contributed by atoms with Crippen LogP contribution in [-0.2, 0) is 4.79 Å². The lowest BCUT2D eigenvalue weighted by Crippen LogP contribution is -2.13. The molecule has 5 nitrogen and oxygen atoms in total. The second kappa shape index (κ2) is 10.2. The Balaban J connectivity index is 2.11. The largest absolute Gasteiger partial charge is 0.494 e. The van der Waals surface area contributed by atoms with Crippen LogP contribution in [0.15, 0.2) is 48.0 Å². The van der Waals surface area contributed by atoms with Crippen LogP contribution in [0.3, 0.4) is 0 Å². The minimum atomic E-state index is -0.496. The first-order valence-electron chi connectivity index (χ1n) is 8.65. The quantitative estimate of drug-likeness (QED) is 0.509. The number of ether oxygens (including phenoxy) is 2. The summed E-state index contributed by atoms with van der Waals surface area (Å²) < 4.78 is 10.9. The summed E-state index contributed by atoms with van der Waals surface area (Å²) in [5.74, 6) is 0.795. The van der Waals surface area contributed by atoms with Gasteiger partial charge in [-0.1, -0.05) is 24.6 Å². The number of hydrogen-bond acceptors (Lipinski definition) is 4. The summed E-state index contributed by atoms with van der Waals surface area (Å²) >= 11 is 6.19. The molecule has 0 unspecified atom stereocenters. The van der Waals surface area contributed by atoms with E-state index in [-0.39, 0.29) is 5.57 Å². The van der Waals surface area contributed by atoms with Gasteiger partial charge in [-0.05, 0) is 61.4 Å². The lowest BCUT2D eigenvalue weighted by atomic mass is 10.1. The maximum absolute atomic E-state index is 12.4. The van der Waals surface area contributed by atoms with Gasteiger partial charge in [0.05, 0.1) is 18.2 Å². The van der Waals surface area contributed by atoms with E-state index >= 15 is 0 Å². The van der Waals surface area contributed by atoms with Gasteiger partial charge in [0.25, 0.3) is 5.91 Å². The van der Waals surface area contributed by atoms with Gasteiger partial charge in [0.2, 0.25) is 0 Å². The van der Waals surface area contributed by atoms with Gasteiger partial charge in [0.15, 0.2) is 0 Å². The average Bonchev–Trinajstić information content (AvgIpc) is 2.67.